The van der Waals surface area contributed by atoms with Gasteiger partial charge >= 0.3 is 0 Å². The highest BCUT2D eigenvalue weighted by molar-refractivity contribution is 5.77. The molecule has 7 heteroatoms. The number of para-hydroxylation sites is 1. The van der Waals surface area contributed by atoms with E-state index >= 15 is 0 Å². The fourth-order valence-corrected chi connectivity index (χ4v) is 3.68. The van der Waals surface area contributed by atoms with Crippen LogP contribution in [0.2, 0.25) is 0 Å². The average Bonchev–Trinajstić information content (AvgIpc) is 2.74. The van der Waals surface area contributed by atoms with Gasteiger partial charge in [-0.2, -0.15) is 0 Å². The summed E-state index contributed by atoms with van der Waals surface area (Å²) in [6.45, 7) is 4.37. The Bertz CT molecular complexity index is 821. The molecule has 1 N–H and O–H groups in total. The zero-order chi connectivity index (χ0) is 20.8. The molecule has 156 valence electrons. The number of amides is 1. The maximum absolute atomic E-state index is 13.1. The molecule has 1 heterocycles. The predicted molar refractivity (Wildman–Crippen MR) is 110 cm³/mol. The lowest BCUT2D eigenvalue weighted by Gasteiger charge is -2.34. The first-order valence-corrected chi connectivity index (χ1v) is 9.79. The zero-order valence-electron chi connectivity index (χ0n) is 17.3. The Morgan fingerprint density at radius 1 is 1.10 bits per heavy atom. The van der Waals surface area contributed by atoms with E-state index in [0.29, 0.717) is 24.6 Å². The molecular formula is C22H29FN3O3+. The highest BCUT2D eigenvalue weighted by Gasteiger charge is 2.24. The Hall–Kier alpha value is -2.80. The number of rotatable bonds is 7. The summed E-state index contributed by atoms with van der Waals surface area (Å²) in [6.07, 6.45) is 0. The molecule has 0 atom stereocenters. The standard InChI is InChI=1S/C22H28FN3O3/c1-24(15-17-5-4-6-20(28-2)22(17)29-3)21(27)16-25-11-13-26(14-12-25)19-9-7-18(23)8-10-19/h4-10H,11-16H2,1-3H3/p+1. The van der Waals surface area contributed by atoms with Gasteiger partial charge in [0.05, 0.1) is 40.4 Å². The van der Waals surface area contributed by atoms with Crippen LogP contribution in [0.4, 0.5) is 10.1 Å². The van der Waals surface area contributed by atoms with Gasteiger partial charge in [-0.05, 0) is 30.3 Å². The van der Waals surface area contributed by atoms with Crippen LogP contribution in [0.15, 0.2) is 42.5 Å². The van der Waals surface area contributed by atoms with Gasteiger partial charge in [-0.1, -0.05) is 12.1 Å². The first kappa shape index (κ1) is 20.9. The molecule has 0 spiro atoms. The Kier molecular flexibility index (Phi) is 6.93. The molecule has 3 rings (SSSR count). The molecule has 1 aliphatic rings. The maximum Gasteiger partial charge on any atom is 0.277 e. The van der Waals surface area contributed by atoms with Gasteiger partial charge < -0.3 is 24.2 Å². The van der Waals surface area contributed by atoms with Crippen LogP contribution >= 0.6 is 0 Å². The van der Waals surface area contributed by atoms with Crippen molar-refractivity contribution in [1.29, 1.82) is 0 Å². The van der Waals surface area contributed by atoms with Gasteiger partial charge in [-0.25, -0.2) is 4.39 Å². The third-order valence-electron chi connectivity index (χ3n) is 5.38. The summed E-state index contributed by atoms with van der Waals surface area (Å²) in [4.78, 5) is 18.0. The second-order valence-corrected chi connectivity index (χ2v) is 7.29. The van der Waals surface area contributed by atoms with E-state index in [1.165, 1.54) is 17.0 Å². The van der Waals surface area contributed by atoms with Gasteiger partial charge in [0.2, 0.25) is 0 Å². The largest absolute Gasteiger partial charge is 0.493 e. The molecule has 1 aliphatic heterocycles. The summed E-state index contributed by atoms with van der Waals surface area (Å²) >= 11 is 0. The minimum atomic E-state index is -0.223. The van der Waals surface area contributed by atoms with Crippen molar-refractivity contribution in [1.82, 2.24) is 4.90 Å². The lowest BCUT2D eigenvalue weighted by atomic mass is 10.1. The number of benzene rings is 2. The maximum atomic E-state index is 13.1. The van der Waals surface area contributed by atoms with Crippen molar-refractivity contribution in [3.63, 3.8) is 0 Å². The number of hydrogen-bond acceptors (Lipinski definition) is 4. The molecule has 2 aromatic rings. The topological polar surface area (TPSA) is 46.5 Å². The third kappa shape index (κ3) is 5.17. The SMILES string of the molecule is COc1cccc(CN(C)C(=O)C[NH+]2CCN(c3ccc(F)cc3)CC2)c1OC. The fourth-order valence-electron chi connectivity index (χ4n) is 3.68. The summed E-state index contributed by atoms with van der Waals surface area (Å²) in [5.41, 5.74) is 1.94. The molecule has 2 aromatic carbocycles. The normalized spacial score (nSPS) is 14.6. The monoisotopic (exact) mass is 402 g/mol. The fraction of sp³-hybridized carbons (Fsp3) is 0.409. The molecule has 0 aliphatic carbocycles. The molecule has 0 bridgehead atoms. The molecule has 0 radical (unpaired) electrons. The summed E-state index contributed by atoms with van der Waals surface area (Å²) in [7, 11) is 5.02. The lowest BCUT2D eigenvalue weighted by Crippen LogP contribution is -3.15. The van der Waals surface area contributed by atoms with Gasteiger partial charge in [-0.15, -0.1) is 0 Å². The van der Waals surface area contributed by atoms with Crippen molar-refractivity contribution in [2.24, 2.45) is 0 Å². The van der Waals surface area contributed by atoms with Crippen LogP contribution in [-0.4, -0.2) is 64.8 Å². The van der Waals surface area contributed by atoms with E-state index in [1.54, 1.807) is 31.3 Å². The Labute approximate surface area is 171 Å². The zero-order valence-corrected chi connectivity index (χ0v) is 17.3. The van der Waals surface area contributed by atoms with Crippen molar-refractivity contribution in [2.75, 3.05) is 58.9 Å². The van der Waals surface area contributed by atoms with E-state index in [2.05, 4.69) is 4.90 Å². The lowest BCUT2D eigenvalue weighted by molar-refractivity contribution is -0.892. The number of anilines is 1. The van der Waals surface area contributed by atoms with Gasteiger partial charge in [0.1, 0.15) is 5.82 Å². The molecule has 1 saturated heterocycles. The van der Waals surface area contributed by atoms with Crippen LogP contribution in [0, 0.1) is 5.82 Å². The van der Waals surface area contributed by atoms with Gasteiger partial charge in [0.15, 0.2) is 18.0 Å². The van der Waals surface area contributed by atoms with Gasteiger partial charge in [0.25, 0.3) is 5.91 Å². The summed E-state index contributed by atoms with van der Waals surface area (Å²) in [6, 6.07) is 12.3. The number of hydrogen-bond donors (Lipinski definition) is 1. The smallest absolute Gasteiger partial charge is 0.277 e. The molecule has 6 nitrogen and oxygen atoms in total. The summed E-state index contributed by atoms with van der Waals surface area (Å²) in [5.74, 6) is 1.20. The van der Waals surface area contributed by atoms with E-state index in [0.717, 1.165) is 37.4 Å². The number of carbonyl (C=O) groups is 1. The number of nitrogens with zero attached hydrogens (tertiary/aromatic N) is 2. The molecule has 1 amide bonds. The quantitative estimate of drug-likeness (QED) is 0.756. The van der Waals surface area contributed by atoms with E-state index in [1.807, 2.05) is 25.2 Å². The van der Waals surface area contributed by atoms with E-state index < -0.39 is 0 Å². The first-order valence-electron chi connectivity index (χ1n) is 9.79. The number of halogens is 1. The number of piperazine rings is 1. The van der Waals surface area contributed by atoms with Crippen LogP contribution in [0.5, 0.6) is 11.5 Å². The van der Waals surface area contributed by atoms with Crippen LogP contribution < -0.4 is 19.3 Å². The Morgan fingerprint density at radius 2 is 1.79 bits per heavy atom. The number of quaternary nitrogens is 1. The van der Waals surface area contributed by atoms with Crippen molar-refractivity contribution in [3.05, 3.63) is 53.8 Å². The van der Waals surface area contributed by atoms with E-state index in [-0.39, 0.29) is 11.7 Å². The van der Waals surface area contributed by atoms with Crippen LogP contribution in [0.1, 0.15) is 5.56 Å². The Morgan fingerprint density at radius 3 is 2.41 bits per heavy atom. The molecule has 0 saturated carbocycles. The number of likely N-dealkylation sites (N-methyl/N-ethyl adjacent to an activating group) is 1. The number of carbonyl (C=O) groups excluding carboxylic acids is 1. The number of ether oxygens (including phenoxy) is 2. The molecular weight excluding hydrogens is 373 g/mol. The minimum Gasteiger partial charge on any atom is -0.493 e. The molecule has 0 aromatic heterocycles. The van der Waals surface area contributed by atoms with Crippen LogP contribution in [0.25, 0.3) is 0 Å². The second kappa shape index (κ2) is 9.60. The summed E-state index contributed by atoms with van der Waals surface area (Å²) < 4.78 is 23.9. The average molecular weight is 402 g/mol. The molecule has 29 heavy (non-hydrogen) atoms. The number of methoxy groups -OCH3 is 2. The number of nitrogens with one attached hydrogen (secondary N) is 1. The minimum absolute atomic E-state index is 0.0973. The van der Waals surface area contributed by atoms with E-state index in [4.69, 9.17) is 9.47 Å². The van der Waals surface area contributed by atoms with Crippen LogP contribution in [0.3, 0.4) is 0 Å². The third-order valence-corrected chi connectivity index (χ3v) is 5.38. The van der Waals surface area contributed by atoms with Crippen molar-refractivity contribution >= 4 is 11.6 Å². The highest BCUT2D eigenvalue weighted by Crippen LogP contribution is 2.31. The predicted octanol–water partition coefficient (Wildman–Crippen LogP) is 1.21. The van der Waals surface area contributed by atoms with Gasteiger partial charge in [0, 0.05) is 24.8 Å². The highest BCUT2D eigenvalue weighted by atomic mass is 19.1. The second-order valence-electron chi connectivity index (χ2n) is 7.29. The van der Waals surface area contributed by atoms with E-state index in [9.17, 15) is 9.18 Å². The molecule has 0 unspecified atom stereocenters. The van der Waals surface area contributed by atoms with Crippen molar-refractivity contribution < 1.29 is 23.6 Å². The van der Waals surface area contributed by atoms with Crippen molar-refractivity contribution in [2.45, 2.75) is 6.54 Å². The first-order chi connectivity index (χ1) is 14.0. The summed E-state index contributed by atoms with van der Waals surface area (Å²) in [5, 5.41) is 0. The van der Waals surface area contributed by atoms with Crippen molar-refractivity contribution in [3.8, 4) is 11.5 Å². The Balaban J connectivity index is 1.52. The van der Waals surface area contributed by atoms with Crippen LogP contribution in [-0.2, 0) is 11.3 Å². The molecule has 1 fully saturated rings. The van der Waals surface area contributed by atoms with Gasteiger partial charge in [-0.3, -0.25) is 4.79 Å².